The van der Waals surface area contributed by atoms with Gasteiger partial charge in [0.25, 0.3) is 17.7 Å². The molecule has 9 heteroatoms. The molecule has 0 saturated carbocycles. The Hall–Kier alpha value is -3.98. The van der Waals surface area contributed by atoms with Crippen molar-refractivity contribution in [2.45, 2.75) is 19.9 Å². The monoisotopic (exact) mass is 479 g/mol. The minimum atomic E-state index is -0.620. The van der Waals surface area contributed by atoms with Crippen molar-refractivity contribution in [2.24, 2.45) is 0 Å². The third-order valence-corrected chi connectivity index (χ3v) is 5.46. The zero-order valence-corrected chi connectivity index (χ0v) is 19.4. The number of benzene rings is 2. The number of ether oxygens (including phenoxy) is 1. The van der Waals surface area contributed by atoms with Crippen LogP contribution in [0.15, 0.2) is 65.4 Å². The van der Waals surface area contributed by atoms with Gasteiger partial charge >= 0.3 is 5.97 Å². The molecule has 0 spiro atoms. The number of hydrogen-bond acceptors (Lipinski definition) is 6. The Kier molecular flexibility index (Phi) is 8.93. The van der Waals surface area contributed by atoms with E-state index in [0.717, 1.165) is 11.1 Å². The maximum atomic E-state index is 12.6. The third-order valence-electron chi connectivity index (χ3n) is 4.78. The number of para-hydroxylation sites is 1. The van der Waals surface area contributed by atoms with Gasteiger partial charge in [0.2, 0.25) is 0 Å². The van der Waals surface area contributed by atoms with Gasteiger partial charge in [-0.2, -0.15) is 11.3 Å². The van der Waals surface area contributed by atoms with Crippen molar-refractivity contribution in [2.75, 3.05) is 18.5 Å². The lowest BCUT2D eigenvalue weighted by Crippen LogP contribution is -2.28. The van der Waals surface area contributed by atoms with E-state index in [-0.39, 0.29) is 24.8 Å². The maximum Gasteiger partial charge on any atom is 0.308 e. The van der Waals surface area contributed by atoms with Crippen LogP contribution in [0.25, 0.3) is 0 Å². The molecule has 0 saturated heterocycles. The molecule has 0 bridgehead atoms. The highest BCUT2D eigenvalue weighted by atomic mass is 32.1. The van der Waals surface area contributed by atoms with Gasteiger partial charge in [0.15, 0.2) is 6.61 Å². The Labute approximate surface area is 201 Å². The van der Waals surface area contributed by atoms with Gasteiger partial charge < -0.3 is 20.7 Å². The highest BCUT2D eigenvalue weighted by Crippen LogP contribution is 2.15. The predicted octanol–water partition coefficient (Wildman–Crippen LogP) is 3.29. The Balaban J connectivity index is 1.43. The van der Waals surface area contributed by atoms with Crippen LogP contribution >= 0.6 is 11.3 Å². The van der Waals surface area contributed by atoms with Crippen LogP contribution in [-0.4, -0.2) is 36.8 Å². The lowest BCUT2D eigenvalue weighted by molar-refractivity contribution is -0.147. The zero-order valence-electron chi connectivity index (χ0n) is 18.6. The molecule has 0 atom stereocenters. The van der Waals surface area contributed by atoms with E-state index >= 15 is 0 Å². The second-order valence-electron chi connectivity index (χ2n) is 7.44. The van der Waals surface area contributed by atoms with Crippen molar-refractivity contribution in [3.05, 3.63) is 87.6 Å². The third kappa shape index (κ3) is 7.56. The largest absolute Gasteiger partial charge is 0.456 e. The molecule has 3 amide bonds. The maximum absolute atomic E-state index is 12.6. The first-order valence-electron chi connectivity index (χ1n) is 10.6. The molecule has 3 rings (SSSR count). The van der Waals surface area contributed by atoms with E-state index in [1.54, 1.807) is 41.1 Å². The van der Waals surface area contributed by atoms with Crippen LogP contribution in [0, 0.1) is 6.92 Å². The summed E-state index contributed by atoms with van der Waals surface area (Å²) in [5, 5.41) is 11.5. The standard InChI is InChI=1S/C25H25N3O5S/c1-17-6-8-18(9-7-17)14-27-25(32)20-4-2-3-5-21(20)28-22(29)15-33-23(30)10-12-26-24(31)19-11-13-34-16-19/h2-9,11,13,16H,10,12,14-15H2,1H3,(H,26,31)(H,27,32)(H,28,29). The molecule has 3 N–H and O–H groups in total. The number of hydrogen-bond donors (Lipinski definition) is 3. The second kappa shape index (κ2) is 12.3. The Morgan fingerprint density at radius 3 is 2.41 bits per heavy atom. The molecular weight excluding hydrogens is 454 g/mol. The SMILES string of the molecule is Cc1ccc(CNC(=O)c2ccccc2NC(=O)COC(=O)CCNC(=O)c2ccsc2)cc1. The molecule has 0 aliphatic carbocycles. The molecule has 1 heterocycles. The summed E-state index contributed by atoms with van der Waals surface area (Å²) in [6.07, 6.45) is -0.0683. The number of aryl methyl sites for hydroxylation is 1. The summed E-state index contributed by atoms with van der Waals surface area (Å²) in [5.74, 6) is -1.81. The number of nitrogens with one attached hydrogen (secondary N) is 3. The normalized spacial score (nSPS) is 10.3. The number of rotatable bonds is 10. The molecular formula is C25H25N3O5S. The molecule has 0 aliphatic heterocycles. The quantitative estimate of drug-likeness (QED) is 0.386. The fraction of sp³-hybridized carbons (Fsp3) is 0.200. The highest BCUT2D eigenvalue weighted by Gasteiger charge is 2.14. The number of esters is 1. The predicted molar refractivity (Wildman–Crippen MR) is 130 cm³/mol. The lowest BCUT2D eigenvalue weighted by atomic mass is 10.1. The number of thiophene rings is 1. The van der Waals surface area contributed by atoms with Crippen LogP contribution in [-0.2, 0) is 20.9 Å². The van der Waals surface area contributed by atoms with E-state index in [4.69, 9.17) is 4.74 Å². The van der Waals surface area contributed by atoms with Gasteiger partial charge in [0.1, 0.15) is 0 Å². The first kappa shape index (κ1) is 24.7. The van der Waals surface area contributed by atoms with Crippen molar-refractivity contribution < 1.29 is 23.9 Å². The van der Waals surface area contributed by atoms with Crippen LogP contribution < -0.4 is 16.0 Å². The molecule has 1 aromatic heterocycles. The topological polar surface area (TPSA) is 114 Å². The summed E-state index contributed by atoms with van der Waals surface area (Å²) in [6.45, 7) is 1.93. The van der Waals surface area contributed by atoms with Crippen molar-refractivity contribution in [3.63, 3.8) is 0 Å². The van der Waals surface area contributed by atoms with Crippen molar-refractivity contribution >= 4 is 40.7 Å². The van der Waals surface area contributed by atoms with Gasteiger partial charge in [-0.1, -0.05) is 42.0 Å². The Morgan fingerprint density at radius 2 is 1.68 bits per heavy atom. The Bertz CT molecular complexity index is 1140. The molecule has 3 aromatic rings. The second-order valence-corrected chi connectivity index (χ2v) is 8.22. The first-order valence-corrected chi connectivity index (χ1v) is 11.6. The van der Waals surface area contributed by atoms with Crippen LogP contribution in [0.3, 0.4) is 0 Å². The smallest absolute Gasteiger partial charge is 0.308 e. The van der Waals surface area contributed by atoms with Gasteiger partial charge in [-0.3, -0.25) is 19.2 Å². The first-order chi connectivity index (χ1) is 16.4. The number of amides is 3. The fourth-order valence-electron chi connectivity index (χ4n) is 2.95. The molecule has 176 valence electrons. The Morgan fingerprint density at radius 1 is 0.912 bits per heavy atom. The van der Waals surface area contributed by atoms with Gasteiger partial charge in [0, 0.05) is 24.0 Å². The van der Waals surface area contributed by atoms with Crippen molar-refractivity contribution in [1.29, 1.82) is 0 Å². The zero-order chi connectivity index (χ0) is 24.3. The van der Waals surface area contributed by atoms with Gasteiger partial charge in [-0.25, -0.2) is 0 Å². The average molecular weight is 480 g/mol. The van der Waals surface area contributed by atoms with E-state index in [1.165, 1.54) is 11.3 Å². The van der Waals surface area contributed by atoms with Crippen molar-refractivity contribution in [3.8, 4) is 0 Å². The van der Waals surface area contributed by atoms with Gasteiger partial charge in [0.05, 0.1) is 17.7 Å². The summed E-state index contributed by atoms with van der Waals surface area (Å²) in [7, 11) is 0. The fourth-order valence-corrected chi connectivity index (χ4v) is 3.59. The number of carbonyl (C=O) groups excluding carboxylic acids is 4. The average Bonchev–Trinajstić information content (AvgIpc) is 3.38. The minimum Gasteiger partial charge on any atom is -0.456 e. The van der Waals surface area contributed by atoms with Crippen LogP contribution in [0.2, 0.25) is 0 Å². The van der Waals surface area contributed by atoms with E-state index in [1.807, 2.05) is 31.2 Å². The van der Waals surface area contributed by atoms with E-state index in [0.29, 0.717) is 23.4 Å². The number of anilines is 1. The molecule has 0 aliphatic rings. The molecule has 34 heavy (non-hydrogen) atoms. The summed E-state index contributed by atoms with van der Waals surface area (Å²) >= 11 is 1.40. The summed E-state index contributed by atoms with van der Waals surface area (Å²) in [4.78, 5) is 48.6. The van der Waals surface area contributed by atoms with Crippen LogP contribution in [0.1, 0.15) is 38.3 Å². The van der Waals surface area contributed by atoms with Crippen molar-refractivity contribution in [1.82, 2.24) is 10.6 Å². The lowest BCUT2D eigenvalue weighted by Gasteiger charge is -2.12. The molecule has 2 aromatic carbocycles. The van der Waals surface area contributed by atoms with E-state index < -0.39 is 18.5 Å². The molecule has 0 unspecified atom stereocenters. The highest BCUT2D eigenvalue weighted by molar-refractivity contribution is 7.08. The van der Waals surface area contributed by atoms with Crippen LogP contribution in [0.4, 0.5) is 5.69 Å². The van der Waals surface area contributed by atoms with Crippen LogP contribution in [0.5, 0.6) is 0 Å². The number of carbonyl (C=O) groups is 4. The summed E-state index contributed by atoms with van der Waals surface area (Å²) < 4.78 is 4.96. The van der Waals surface area contributed by atoms with E-state index in [2.05, 4.69) is 16.0 Å². The summed E-state index contributed by atoms with van der Waals surface area (Å²) in [5.41, 5.74) is 3.23. The minimum absolute atomic E-state index is 0.0683. The van der Waals surface area contributed by atoms with Gasteiger partial charge in [-0.05, 0) is 36.1 Å². The molecule has 0 fully saturated rings. The van der Waals surface area contributed by atoms with Gasteiger partial charge in [-0.15, -0.1) is 0 Å². The molecule has 0 radical (unpaired) electrons. The molecule has 8 nitrogen and oxygen atoms in total. The van der Waals surface area contributed by atoms with E-state index in [9.17, 15) is 19.2 Å². The summed E-state index contributed by atoms with van der Waals surface area (Å²) in [6, 6.07) is 16.1.